The molecule has 1 atom stereocenters. The molecule has 1 unspecified atom stereocenters. The standard InChI is InChI=1S/C9H11O4P.Na.H/c10-9(11)6-7-14(12,13)8-4-2-1-3-5-8;;/h1-5H,6-7H2,(H,10,11)(H,12,13);;. The van der Waals surface area contributed by atoms with Crippen LogP contribution in [0.2, 0.25) is 0 Å². The Bertz CT molecular complexity index is 366. The molecule has 0 amide bonds. The molecule has 0 spiro atoms. The van der Waals surface area contributed by atoms with Crippen LogP contribution in [0, 0.1) is 0 Å². The van der Waals surface area contributed by atoms with Crippen molar-refractivity contribution >= 4 is 48.2 Å². The second kappa shape index (κ2) is 6.46. The summed E-state index contributed by atoms with van der Waals surface area (Å²) in [5, 5.41) is 8.70. The van der Waals surface area contributed by atoms with Gasteiger partial charge in [-0.15, -0.1) is 0 Å². The van der Waals surface area contributed by atoms with Crippen molar-refractivity contribution < 1.29 is 19.4 Å². The zero-order valence-corrected chi connectivity index (χ0v) is 8.35. The first-order valence-electron chi connectivity index (χ1n) is 4.11. The van der Waals surface area contributed by atoms with Crippen molar-refractivity contribution in [3.8, 4) is 0 Å². The molecule has 0 aliphatic carbocycles. The molecule has 1 rings (SSSR count). The fraction of sp³-hybridized carbons (Fsp3) is 0.222. The Kier molecular flexibility index (Phi) is 6.41. The van der Waals surface area contributed by atoms with Crippen LogP contribution in [0.4, 0.5) is 0 Å². The summed E-state index contributed by atoms with van der Waals surface area (Å²) in [5.41, 5.74) is 0. The van der Waals surface area contributed by atoms with Crippen LogP contribution in [0.5, 0.6) is 0 Å². The van der Waals surface area contributed by atoms with Crippen LogP contribution in [0.1, 0.15) is 6.42 Å². The fourth-order valence-corrected chi connectivity index (χ4v) is 2.43. The molecule has 4 nitrogen and oxygen atoms in total. The van der Waals surface area contributed by atoms with E-state index in [9.17, 15) is 14.3 Å². The number of aliphatic carboxylic acids is 1. The predicted octanol–water partition coefficient (Wildman–Crippen LogP) is 0.408. The van der Waals surface area contributed by atoms with Crippen LogP contribution in [0.3, 0.4) is 0 Å². The molecule has 0 bridgehead atoms. The summed E-state index contributed by atoms with van der Waals surface area (Å²) in [6.45, 7) is 0. The van der Waals surface area contributed by atoms with E-state index in [1.165, 1.54) is 12.1 Å². The van der Waals surface area contributed by atoms with E-state index in [4.69, 9.17) is 5.11 Å². The van der Waals surface area contributed by atoms with Gasteiger partial charge in [0, 0.05) is 11.5 Å². The molecular formula is C9H12NaO4P. The number of rotatable bonds is 4. The van der Waals surface area contributed by atoms with Crippen molar-refractivity contribution in [2.75, 3.05) is 6.16 Å². The minimum atomic E-state index is -3.48. The molecule has 2 N–H and O–H groups in total. The van der Waals surface area contributed by atoms with Crippen molar-refractivity contribution in [3.63, 3.8) is 0 Å². The van der Waals surface area contributed by atoms with Crippen molar-refractivity contribution in [1.29, 1.82) is 0 Å². The second-order valence-electron chi connectivity index (χ2n) is 2.90. The summed E-state index contributed by atoms with van der Waals surface area (Å²) in [4.78, 5) is 19.8. The van der Waals surface area contributed by atoms with E-state index in [0.717, 1.165) is 0 Å². The van der Waals surface area contributed by atoms with Crippen molar-refractivity contribution in [1.82, 2.24) is 0 Å². The van der Waals surface area contributed by atoms with Gasteiger partial charge in [-0.1, -0.05) is 18.2 Å². The van der Waals surface area contributed by atoms with E-state index >= 15 is 0 Å². The normalized spacial score (nSPS) is 13.7. The third-order valence-electron chi connectivity index (χ3n) is 1.79. The predicted molar refractivity (Wildman–Crippen MR) is 60.2 cm³/mol. The third-order valence-corrected chi connectivity index (χ3v) is 3.72. The first-order chi connectivity index (χ1) is 6.52. The molecule has 0 aliphatic heterocycles. The number of hydrogen-bond acceptors (Lipinski definition) is 2. The van der Waals surface area contributed by atoms with E-state index in [2.05, 4.69) is 0 Å². The molecule has 1 aromatic rings. The Morgan fingerprint density at radius 1 is 1.27 bits per heavy atom. The Morgan fingerprint density at radius 2 is 1.80 bits per heavy atom. The maximum absolute atomic E-state index is 11.6. The van der Waals surface area contributed by atoms with Gasteiger partial charge in [-0.25, -0.2) is 0 Å². The zero-order valence-electron chi connectivity index (χ0n) is 7.46. The van der Waals surface area contributed by atoms with Gasteiger partial charge in [0.05, 0.1) is 6.42 Å². The van der Waals surface area contributed by atoms with Gasteiger partial charge >= 0.3 is 35.5 Å². The van der Waals surface area contributed by atoms with Crippen LogP contribution in [0.15, 0.2) is 30.3 Å². The third kappa shape index (κ3) is 4.96. The van der Waals surface area contributed by atoms with Gasteiger partial charge in [-0.05, 0) is 12.1 Å². The molecule has 0 fully saturated rings. The van der Waals surface area contributed by atoms with Gasteiger partial charge in [0.25, 0.3) is 0 Å². The number of carbonyl (C=O) groups is 1. The molecule has 0 aliphatic rings. The number of carboxylic acid groups (broad SMARTS) is 1. The molecule has 0 heterocycles. The average molecular weight is 238 g/mol. The van der Waals surface area contributed by atoms with Crippen LogP contribution in [-0.2, 0) is 9.36 Å². The first-order valence-corrected chi connectivity index (χ1v) is 5.96. The minimum absolute atomic E-state index is 0. The topological polar surface area (TPSA) is 74.6 Å². The molecular weight excluding hydrogens is 226 g/mol. The quantitative estimate of drug-likeness (QED) is 0.588. The van der Waals surface area contributed by atoms with Crippen LogP contribution < -0.4 is 5.30 Å². The van der Waals surface area contributed by atoms with Gasteiger partial charge in [0.1, 0.15) is 0 Å². The van der Waals surface area contributed by atoms with Gasteiger partial charge in [-0.3, -0.25) is 9.36 Å². The monoisotopic (exact) mass is 238 g/mol. The van der Waals surface area contributed by atoms with Crippen LogP contribution in [0.25, 0.3) is 0 Å². The SMILES string of the molecule is O=C(O)CCP(=O)(O)c1ccccc1.[NaH]. The summed E-state index contributed by atoms with van der Waals surface area (Å²) >= 11 is 0. The summed E-state index contributed by atoms with van der Waals surface area (Å²) in [7, 11) is -3.48. The van der Waals surface area contributed by atoms with E-state index in [1.807, 2.05) is 0 Å². The molecule has 15 heavy (non-hydrogen) atoms. The van der Waals surface area contributed by atoms with Crippen molar-refractivity contribution in [3.05, 3.63) is 30.3 Å². The number of carboxylic acids is 1. The molecule has 78 valence electrons. The van der Waals surface area contributed by atoms with E-state index < -0.39 is 13.3 Å². The summed E-state index contributed by atoms with van der Waals surface area (Å²) < 4.78 is 11.6. The van der Waals surface area contributed by atoms with Crippen molar-refractivity contribution in [2.24, 2.45) is 0 Å². The van der Waals surface area contributed by atoms with E-state index in [0.29, 0.717) is 5.30 Å². The Hall–Kier alpha value is -0.120. The number of benzene rings is 1. The summed E-state index contributed by atoms with van der Waals surface area (Å²) in [6, 6.07) is 8.10. The average Bonchev–Trinajstić information content (AvgIpc) is 2.16. The van der Waals surface area contributed by atoms with Crippen molar-refractivity contribution in [2.45, 2.75) is 6.42 Å². The first kappa shape index (κ1) is 14.9. The Morgan fingerprint density at radius 3 is 2.27 bits per heavy atom. The molecule has 0 radical (unpaired) electrons. The maximum atomic E-state index is 11.6. The molecule has 1 aromatic carbocycles. The fourth-order valence-electron chi connectivity index (χ4n) is 1.04. The summed E-state index contributed by atoms with van der Waals surface area (Å²) in [5.74, 6) is -1.06. The van der Waals surface area contributed by atoms with Crippen LogP contribution >= 0.6 is 7.37 Å². The molecule has 0 aromatic heterocycles. The number of hydrogen-bond donors (Lipinski definition) is 2. The van der Waals surface area contributed by atoms with E-state index in [-0.39, 0.29) is 42.1 Å². The second-order valence-corrected chi connectivity index (χ2v) is 5.27. The molecule has 6 heteroatoms. The van der Waals surface area contributed by atoms with Gasteiger partial charge in [-0.2, -0.15) is 0 Å². The van der Waals surface area contributed by atoms with Gasteiger partial charge in [0.15, 0.2) is 0 Å². The Labute approximate surface area is 110 Å². The summed E-state index contributed by atoms with van der Waals surface area (Å²) in [6.07, 6.45) is -0.505. The Balaban J connectivity index is 0.00000196. The molecule has 0 saturated heterocycles. The van der Waals surface area contributed by atoms with Gasteiger partial charge < -0.3 is 10.00 Å². The van der Waals surface area contributed by atoms with E-state index in [1.54, 1.807) is 18.2 Å². The van der Waals surface area contributed by atoms with Gasteiger partial charge in [0.2, 0.25) is 7.37 Å². The zero-order chi connectivity index (χ0) is 10.6. The molecule has 0 saturated carbocycles. The van der Waals surface area contributed by atoms with Crippen LogP contribution in [-0.4, -0.2) is 51.7 Å².